The fourth-order valence-corrected chi connectivity index (χ4v) is 6.36. The molecule has 1 aliphatic heterocycles. The minimum Gasteiger partial charge on any atom is -0.349 e. The molecule has 5 heterocycles. The number of nitriles is 2. The fraction of sp³-hybridized carbons (Fsp3) is 0.257. The fourth-order valence-electron chi connectivity index (χ4n) is 6.22. The van der Waals surface area contributed by atoms with Crippen LogP contribution in [0.4, 0.5) is 23.4 Å². The highest BCUT2D eigenvalue weighted by Crippen LogP contribution is 2.37. The summed E-state index contributed by atoms with van der Waals surface area (Å²) in [7, 11) is 0. The summed E-state index contributed by atoms with van der Waals surface area (Å²) in [4.78, 5) is 10.4. The van der Waals surface area contributed by atoms with Crippen LogP contribution in [-0.4, -0.2) is 35.7 Å². The summed E-state index contributed by atoms with van der Waals surface area (Å²) in [5, 5.41) is 26.1. The van der Waals surface area contributed by atoms with Crippen LogP contribution < -0.4 is 4.90 Å². The first-order valence-corrected chi connectivity index (χ1v) is 15.9. The Bertz CT molecular complexity index is 2200. The summed E-state index contributed by atoms with van der Waals surface area (Å²) in [6, 6.07) is 14.4. The Morgan fingerprint density at radius 2 is 1.26 bits per heavy atom. The van der Waals surface area contributed by atoms with E-state index >= 15 is 0 Å². The summed E-state index contributed by atoms with van der Waals surface area (Å²) in [5.41, 5.74) is 2.66. The lowest BCUT2D eigenvalue weighted by Gasteiger charge is -2.26. The minimum absolute atomic E-state index is 0. The first-order chi connectivity index (χ1) is 23.7. The molecule has 1 saturated heterocycles. The summed E-state index contributed by atoms with van der Waals surface area (Å²) >= 11 is 5.64. The van der Waals surface area contributed by atoms with E-state index in [2.05, 4.69) is 26.2 Å². The van der Waals surface area contributed by atoms with Crippen LogP contribution in [0.15, 0.2) is 73.3 Å². The first-order valence-electron chi connectivity index (χ1n) is 15.6. The molecule has 2 aromatic carbocycles. The van der Waals surface area contributed by atoms with Crippen molar-refractivity contribution in [3.8, 4) is 12.1 Å². The van der Waals surface area contributed by atoms with Gasteiger partial charge < -0.3 is 4.90 Å². The Labute approximate surface area is 295 Å². The second kappa shape index (κ2) is 16.0. The Kier molecular flexibility index (Phi) is 11.5. The standard InChI is InChI=1S/C17H13F2N5.C11H12F2.C7H3ClN4.ClH/c18-12-3-4-14(19)13(8-12)15-2-1-6-23(15)16-5-7-24-17(22-16)11(9-20)10-21-24;12-9-5-6-11(13)10(7-9)8-3-1-2-4-8;8-6-1-2-12-7(11-6)5(3-9)4-10-12;/h3-5,7-8,10,15H,1-2,6H2;5-8H,1-4H2;1-2,4H;1H. The highest BCUT2D eigenvalue weighted by atomic mass is 35.5. The van der Waals surface area contributed by atoms with Gasteiger partial charge in [-0.1, -0.05) is 24.4 Å². The molecular formula is C35H29Cl2F4N9. The number of rotatable bonds is 3. The average Bonchev–Trinajstić information content (AvgIpc) is 3.94. The molecule has 0 amide bonds. The second-order valence-electron chi connectivity index (χ2n) is 11.6. The molecule has 4 aromatic heterocycles. The maximum atomic E-state index is 14.2. The largest absolute Gasteiger partial charge is 0.349 e. The molecule has 0 spiro atoms. The molecule has 1 unspecified atom stereocenters. The van der Waals surface area contributed by atoms with Crippen LogP contribution in [0.5, 0.6) is 0 Å². The number of fused-ring (bicyclic) bond motifs is 2. The Morgan fingerprint density at radius 3 is 1.88 bits per heavy atom. The maximum Gasteiger partial charge on any atom is 0.175 e. The van der Waals surface area contributed by atoms with E-state index in [1.807, 2.05) is 11.0 Å². The summed E-state index contributed by atoms with van der Waals surface area (Å²) in [6.07, 6.45) is 12.2. The van der Waals surface area contributed by atoms with E-state index in [9.17, 15) is 17.6 Å². The van der Waals surface area contributed by atoms with Gasteiger partial charge in [-0.15, -0.1) is 12.4 Å². The van der Waals surface area contributed by atoms with E-state index in [1.165, 1.54) is 45.7 Å². The van der Waals surface area contributed by atoms with Crippen molar-refractivity contribution in [2.24, 2.45) is 0 Å². The highest BCUT2D eigenvalue weighted by Gasteiger charge is 2.30. The van der Waals surface area contributed by atoms with Gasteiger partial charge in [0.15, 0.2) is 11.3 Å². The zero-order valence-corrected chi connectivity index (χ0v) is 27.9. The third-order valence-corrected chi connectivity index (χ3v) is 8.76. The summed E-state index contributed by atoms with van der Waals surface area (Å²) < 4.78 is 56.8. The molecule has 256 valence electrons. The molecule has 6 aromatic rings. The number of hydrogen-bond acceptors (Lipinski definition) is 7. The summed E-state index contributed by atoms with van der Waals surface area (Å²) in [5.74, 6) is -0.585. The molecule has 9 nitrogen and oxygen atoms in total. The zero-order valence-electron chi connectivity index (χ0n) is 26.4. The van der Waals surface area contributed by atoms with Crippen molar-refractivity contribution in [1.29, 1.82) is 10.5 Å². The normalized spacial score (nSPS) is 15.4. The van der Waals surface area contributed by atoms with Crippen molar-refractivity contribution in [2.75, 3.05) is 11.4 Å². The molecule has 8 rings (SSSR count). The molecule has 0 N–H and O–H groups in total. The van der Waals surface area contributed by atoms with Crippen LogP contribution in [0, 0.1) is 45.9 Å². The zero-order chi connectivity index (χ0) is 34.5. The van der Waals surface area contributed by atoms with Crippen molar-refractivity contribution < 1.29 is 17.6 Å². The molecule has 1 saturated carbocycles. The molecule has 15 heteroatoms. The monoisotopic (exact) mass is 721 g/mol. The van der Waals surface area contributed by atoms with E-state index in [0.29, 0.717) is 51.1 Å². The van der Waals surface area contributed by atoms with Gasteiger partial charge in [-0.05, 0) is 85.7 Å². The van der Waals surface area contributed by atoms with Crippen molar-refractivity contribution in [1.82, 2.24) is 29.2 Å². The first kappa shape index (κ1) is 36.1. The molecule has 0 radical (unpaired) electrons. The number of aromatic nitrogens is 6. The van der Waals surface area contributed by atoms with Crippen molar-refractivity contribution in [2.45, 2.75) is 50.5 Å². The van der Waals surface area contributed by atoms with Crippen LogP contribution in [0.25, 0.3) is 11.3 Å². The molecule has 1 aliphatic carbocycles. The third-order valence-electron chi connectivity index (χ3n) is 8.55. The van der Waals surface area contributed by atoms with Crippen LogP contribution in [0.1, 0.15) is 72.7 Å². The van der Waals surface area contributed by atoms with E-state index in [1.54, 1.807) is 24.5 Å². The Morgan fingerprint density at radius 1 is 0.700 bits per heavy atom. The van der Waals surface area contributed by atoms with Crippen molar-refractivity contribution in [3.05, 3.63) is 124 Å². The number of benzene rings is 2. The van der Waals surface area contributed by atoms with Gasteiger partial charge in [0.05, 0.1) is 18.4 Å². The summed E-state index contributed by atoms with van der Waals surface area (Å²) in [6.45, 7) is 0.694. The third kappa shape index (κ3) is 7.80. The number of halogens is 6. The van der Waals surface area contributed by atoms with Crippen molar-refractivity contribution in [3.63, 3.8) is 0 Å². The lowest BCUT2D eigenvalue weighted by molar-refractivity contribution is 0.560. The molecule has 0 bridgehead atoms. The van der Waals surface area contributed by atoms with E-state index < -0.39 is 11.6 Å². The predicted octanol–water partition coefficient (Wildman–Crippen LogP) is 8.52. The number of anilines is 1. The lowest BCUT2D eigenvalue weighted by Crippen LogP contribution is -2.24. The molecule has 50 heavy (non-hydrogen) atoms. The Hall–Kier alpha value is -5.24. The molecule has 2 aliphatic rings. The molecular weight excluding hydrogens is 693 g/mol. The van der Waals surface area contributed by atoms with Gasteiger partial charge in [0.25, 0.3) is 0 Å². The quantitative estimate of drug-likeness (QED) is 0.133. The smallest absolute Gasteiger partial charge is 0.175 e. The van der Waals surface area contributed by atoms with Gasteiger partial charge in [0.2, 0.25) is 0 Å². The van der Waals surface area contributed by atoms with Crippen LogP contribution in [-0.2, 0) is 0 Å². The van der Waals surface area contributed by atoms with Crippen LogP contribution in [0.3, 0.4) is 0 Å². The van der Waals surface area contributed by atoms with Gasteiger partial charge >= 0.3 is 0 Å². The van der Waals surface area contributed by atoms with Crippen LogP contribution >= 0.6 is 24.0 Å². The molecule has 2 fully saturated rings. The SMILES string of the molecule is Cl.Fc1ccc(F)c(C2CCCC2)c1.N#Cc1cnn2ccc(Cl)nc12.N#Cc1cnn2ccc(N3CCCC3c3cc(F)ccc3F)nc12. The molecule has 1 atom stereocenters. The predicted molar refractivity (Wildman–Crippen MR) is 181 cm³/mol. The van der Waals surface area contributed by atoms with Gasteiger partial charge in [0.1, 0.15) is 57.5 Å². The van der Waals surface area contributed by atoms with Gasteiger partial charge in [-0.25, -0.2) is 36.6 Å². The Balaban J connectivity index is 0.000000158. The van der Waals surface area contributed by atoms with E-state index in [4.69, 9.17) is 22.1 Å². The topological polar surface area (TPSA) is 111 Å². The van der Waals surface area contributed by atoms with Crippen molar-refractivity contribution >= 4 is 41.1 Å². The van der Waals surface area contributed by atoms with Crippen LogP contribution in [0.2, 0.25) is 5.15 Å². The van der Waals surface area contributed by atoms with Gasteiger partial charge in [0, 0.05) is 24.5 Å². The van der Waals surface area contributed by atoms with E-state index in [-0.39, 0.29) is 36.0 Å². The lowest BCUT2D eigenvalue weighted by atomic mass is 9.97. The number of hydrogen-bond donors (Lipinski definition) is 0. The number of nitrogens with zero attached hydrogens (tertiary/aromatic N) is 9. The average molecular weight is 723 g/mol. The van der Waals surface area contributed by atoms with Gasteiger partial charge in [-0.2, -0.15) is 20.7 Å². The maximum absolute atomic E-state index is 14.2. The second-order valence-corrected chi connectivity index (χ2v) is 12.0. The minimum atomic E-state index is -0.454. The van der Waals surface area contributed by atoms with E-state index in [0.717, 1.165) is 50.7 Å². The highest BCUT2D eigenvalue weighted by molar-refractivity contribution is 6.29. The van der Waals surface area contributed by atoms with Gasteiger partial charge in [-0.3, -0.25) is 0 Å².